The van der Waals surface area contributed by atoms with Crippen LogP contribution in [0.4, 0.5) is 4.79 Å². The number of ether oxygens (including phenoxy) is 1. The fraction of sp³-hybridized carbons (Fsp3) is 0.400. The summed E-state index contributed by atoms with van der Waals surface area (Å²) in [4.78, 5) is 15.5. The Morgan fingerprint density at radius 3 is 2.75 bits per heavy atom. The molecule has 1 aromatic heterocycles. The van der Waals surface area contributed by atoms with Crippen LogP contribution >= 0.6 is 0 Å². The lowest BCUT2D eigenvalue weighted by molar-refractivity contribution is 0.108. The van der Waals surface area contributed by atoms with Gasteiger partial charge < -0.3 is 19.8 Å². The number of carbonyl (C=O) groups is 1. The molecular weight excluding hydrogens is 212 g/mol. The van der Waals surface area contributed by atoms with Crippen molar-refractivity contribution in [3.8, 4) is 5.88 Å². The predicted octanol–water partition coefficient (Wildman–Crippen LogP) is 0.733. The zero-order valence-corrected chi connectivity index (χ0v) is 9.12. The Kier molecular flexibility index (Phi) is 4.07. The van der Waals surface area contributed by atoms with Gasteiger partial charge in [0, 0.05) is 24.9 Å². The molecule has 1 aromatic rings. The first-order valence-electron chi connectivity index (χ1n) is 4.66. The maximum absolute atomic E-state index is 10.5. The number of hydrogen-bond acceptors (Lipinski definition) is 4. The summed E-state index contributed by atoms with van der Waals surface area (Å²) >= 11 is 0. The number of pyridine rings is 1. The number of aromatic nitrogens is 1. The van der Waals surface area contributed by atoms with E-state index in [9.17, 15) is 9.90 Å². The van der Waals surface area contributed by atoms with E-state index in [2.05, 4.69) is 4.98 Å². The number of carboxylic acid groups (broad SMARTS) is 1. The summed E-state index contributed by atoms with van der Waals surface area (Å²) in [5.74, 6) is 0.447. The number of rotatable bonds is 4. The van der Waals surface area contributed by atoms with Crippen molar-refractivity contribution in [3.63, 3.8) is 0 Å². The van der Waals surface area contributed by atoms with Crippen molar-refractivity contribution in [1.82, 2.24) is 9.88 Å². The molecule has 0 spiro atoms. The van der Waals surface area contributed by atoms with Gasteiger partial charge in [-0.1, -0.05) is 0 Å². The standard InChI is InChI=1S/C10H14N2O4/c1-12(10(14)15)6-8(13)7-3-4-9(16-2)11-5-7/h3-5,8,13H,6H2,1-2H3,(H,14,15). The Labute approximate surface area is 93.1 Å². The summed E-state index contributed by atoms with van der Waals surface area (Å²) in [5, 5.41) is 18.4. The highest BCUT2D eigenvalue weighted by molar-refractivity contribution is 5.64. The number of amides is 1. The Morgan fingerprint density at radius 2 is 2.31 bits per heavy atom. The van der Waals surface area contributed by atoms with Crippen molar-refractivity contribution >= 4 is 6.09 Å². The monoisotopic (exact) mass is 226 g/mol. The molecule has 1 heterocycles. The van der Waals surface area contributed by atoms with Crippen molar-refractivity contribution in [1.29, 1.82) is 0 Å². The molecule has 1 atom stereocenters. The average Bonchev–Trinajstić information content (AvgIpc) is 2.28. The largest absolute Gasteiger partial charge is 0.481 e. The van der Waals surface area contributed by atoms with E-state index in [1.807, 2.05) is 0 Å². The van der Waals surface area contributed by atoms with E-state index in [1.165, 1.54) is 20.4 Å². The van der Waals surface area contributed by atoms with Gasteiger partial charge in [-0.15, -0.1) is 0 Å². The van der Waals surface area contributed by atoms with E-state index in [1.54, 1.807) is 12.1 Å². The van der Waals surface area contributed by atoms with Gasteiger partial charge in [0.1, 0.15) is 0 Å². The highest BCUT2D eigenvalue weighted by Gasteiger charge is 2.14. The predicted molar refractivity (Wildman–Crippen MR) is 56.4 cm³/mol. The number of aliphatic hydroxyl groups excluding tert-OH is 1. The normalized spacial score (nSPS) is 11.9. The van der Waals surface area contributed by atoms with E-state index in [4.69, 9.17) is 9.84 Å². The van der Waals surface area contributed by atoms with E-state index < -0.39 is 12.2 Å². The van der Waals surface area contributed by atoms with Gasteiger partial charge in [0.2, 0.25) is 5.88 Å². The minimum absolute atomic E-state index is 0.00332. The van der Waals surface area contributed by atoms with Gasteiger partial charge in [0.25, 0.3) is 0 Å². The molecule has 0 aromatic carbocycles. The molecule has 0 fully saturated rings. The number of nitrogens with zero attached hydrogens (tertiary/aromatic N) is 2. The summed E-state index contributed by atoms with van der Waals surface area (Å²) in [6.45, 7) is 0.00332. The SMILES string of the molecule is COc1ccc(C(O)CN(C)C(=O)O)cn1. The molecule has 0 aliphatic carbocycles. The number of likely N-dealkylation sites (N-methyl/N-ethyl adjacent to an activating group) is 1. The molecule has 1 amide bonds. The van der Waals surface area contributed by atoms with Crippen molar-refractivity contribution in [2.45, 2.75) is 6.10 Å². The van der Waals surface area contributed by atoms with Gasteiger partial charge in [-0.05, 0) is 6.07 Å². The molecule has 6 nitrogen and oxygen atoms in total. The highest BCUT2D eigenvalue weighted by Crippen LogP contribution is 2.15. The number of aliphatic hydroxyl groups is 1. The lowest BCUT2D eigenvalue weighted by atomic mass is 10.1. The van der Waals surface area contributed by atoms with Gasteiger partial charge in [-0.2, -0.15) is 0 Å². The zero-order chi connectivity index (χ0) is 12.1. The lowest BCUT2D eigenvalue weighted by Crippen LogP contribution is -2.29. The van der Waals surface area contributed by atoms with E-state index in [0.717, 1.165) is 4.90 Å². The molecule has 0 aliphatic rings. The molecule has 16 heavy (non-hydrogen) atoms. The quantitative estimate of drug-likeness (QED) is 0.790. The molecule has 0 saturated carbocycles. The van der Waals surface area contributed by atoms with Crippen molar-refractivity contribution in [2.24, 2.45) is 0 Å². The van der Waals surface area contributed by atoms with Crippen molar-refractivity contribution < 1.29 is 19.7 Å². The van der Waals surface area contributed by atoms with Crippen LogP contribution in [0.15, 0.2) is 18.3 Å². The Balaban J connectivity index is 2.65. The third-order valence-corrected chi connectivity index (χ3v) is 2.13. The maximum Gasteiger partial charge on any atom is 0.407 e. The fourth-order valence-corrected chi connectivity index (χ4v) is 1.15. The molecule has 0 saturated heterocycles. The van der Waals surface area contributed by atoms with E-state index in [0.29, 0.717) is 11.4 Å². The summed E-state index contributed by atoms with van der Waals surface area (Å²) < 4.78 is 4.87. The topological polar surface area (TPSA) is 82.9 Å². The summed E-state index contributed by atoms with van der Waals surface area (Å²) in [7, 11) is 2.89. The molecule has 2 N–H and O–H groups in total. The average molecular weight is 226 g/mol. The third kappa shape index (κ3) is 3.09. The lowest BCUT2D eigenvalue weighted by Gasteiger charge is -2.17. The van der Waals surface area contributed by atoms with Crippen LogP contribution in [0.3, 0.4) is 0 Å². The van der Waals surface area contributed by atoms with Crippen LogP contribution in [0.1, 0.15) is 11.7 Å². The van der Waals surface area contributed by atoms with Crippen LogP contribution in [0.25, 0.3) is 0 Å². The zero-order valence-electron chi connectivity index (χ0n) is 9.12. The first-order chi connectivity index (χ1) is 7.54. The second-order valence-electron chi connectivity index (χ2n) is 3.31. The van der Waals surface area contributed by atoms with Crippen LogP contribution in [-0.2, 0) is 0 Å². The third-order valence-electron chi connectivity index (χ3n) is 2.13. The van der Waals surface area contributed by atoms with Gasteiger partial charge in [-0.3, -0.25) is 0 Å². The van der Waals surface area contributed by atoms with Crippen LogP contribution in [0.5, 0.6) is 5.88 Å². The summed E-state index contributed by atoms with van der Waals surface area (Å²) in [5.41, 5.74) is 0.550. The van der Waals surface area contributed by atoms with E-state index >= 15 is 0 Å². The van der Waals surface area contributed by atoms with Gasteiger partial charge >= 0.3 is 6.09 Å². The van der Waals surface area contributed by atoms with Crippen LogP contribution < -0.4 is 4.74 Å². The van der Waals surface area contributed by atoms with Crippen molar-refractivity contribution in [3.05, 3.63) is 23.9 Å². The van der Waals surface area contributed by atoms with E-state index in [-0.39, 0.29) is 6.54 Å². The Bertz CT molecular complexity index is 352. The first kappa shape index (κ1) is 12.3. The second kappa shape index (κ2) is 5.32. The van der Waals surface area contributed by atoms with Crippen LogP contribution in [0.2, 0.25) is 0 Å². The minimum atomic E-state index is -1.08. The smallest absolute Gasteiger partial charge is 0.407 e. The molecule has 6 heteroatoms. The summed E-state index contributed by atoms with van der Waals surface area (Å²) in [6, 6.07) is 3.26. The highest BCUT2D eigenvalue weighted by atomic mass is 16.5. The first-order valence-corrected chi connectivity index (χ1v) is 4.66. The molecule has 0 aliphatic heterocycles. The molecule has 88 valence electrons. The molecule has 0 radical (unpaired) electrons. The minimum Gasteiger partial charge on any atom is -0.481 e. The molecule has 1 rings (SSSR count). The number of hydrogen-bond donors (Lipinski definition) is 2. The van der Waals surface area contributed by atoms with Gasteiger partial charge in [0.15, 0.2) is 0 Å². The van der Waals surface area contributed by atoms with Crippen molar-refractivity contribution in [2.75, 3.05) is 20.7 Å². The second-order valence-corrected chi connectivity index (χ2v) is 3.31. The Morgan fingerprint density at radius 1 is 1.62 bits per heavy atom. The molecule has 1 unspecified atom stereocenters. The van der Waals surface area contributed by atoms with Crippen LogP contribution in [0, 0.1) is 0 Å². The Hall–Kier alpha value is -1.82. The molecular formula is C10H14N2O4. The van der Waals surface area contributed by atoms with Gasteiger partial charge in [0.05, 0.1) is 19.8 Å². The van der Waals surface area contributed by atoms with Crippen LogP contribution in [-0.4, -0.2) is 46.9 Å². The van der Waals surface area contributed by atoms with Gasteiger partial charge in [-0.25, -0.2) is 9.78 Å². The summed E-state index contributed by atoms with van der Waals surface area (Å²) in [6.07, 6.45) is -0.515. The fourth-order valence-electron chi connectivity index (χ4n) is 1.15. The maximum atomic E-state index is 10.5. The molecule has 0 bridgehead atoms. The number of methoxy groups -OCH3 is 1.